The summed E-state index contributed by atoms with van der Waals surface area (Å²) in [6.45, 7) is 6.71. The summed E-state index contributed by atoms with van der Waals surface area (Å²) < 4.78 is 5.05. The molecule has 138 valence electrons. The summed E-state index contributed by atoms with van der Waals surface area (Å²) in [5.74, 6) is -0.105. The maximum Gasteiger partial charge on any atom is 0.340 e. The zero-order chi connectivity index (χ0) is 18.9. The van der Waals surface area contributed by atoms with Crippen molar-refractivity contribution >= 4 is 23.3 Å². The monoisotopic (exact) mass is 354 g/mol. The van der Waals surface area contributed by atoms with E-state index in [4.69, 9.17) is 4.74 Å². The van der Waals surface area contributed by atoms with Gasteiger partial charge in [-0.3, -0.25) is 4.79 Å². The van der Waals surface area contributed by atoms with Crippen LogP contribution in [0.3, 0.4) is 0 Å². The zero-order valence-electron chi connectivity index (χ0n) is 15.5. The number of hydrogen-bond donors (Lipinski definition) is 2. The quantitative estimate of drug-likeness (QED) is 0.688. The van der Waals surface area contributed by atoms with E-state index in [1.807, 2.05) is 30.3 Å². The molecule has 0 aromatic heterocycles. The Balaban J connectivity index is 1.93. The van der Waals surface area contributed by atoms with Gasteiger partial charge < -0.3 is 15.4 Å². The van der Waals surface area contributed by atoms with Gasteiger partial charge in [-0.15, -0.1) is 0 Å². The molecule has 0 bridgehead atoms. The van der Waals surface area contributed by atoms with Crippen LogP contribution in [-0.2, 0) is 9.53 Å². The summed E-state index contributed by atoms with van der Waals surface area (Å²) in [6.07, 6.45) is 0.295. The van der Waals surface area contributed by atoms with E-state index in [2.05, 4.69) is 24.5 Å². The minimum Gasteiger partial charge on any atom is -0.462 e. The number of para-hydroxylation sites is 2. The first-order valence-electron chi connectivity index (χ1n) is 8.91. The third-order valence-corrected chi connectivity index (χ3v) is 3.95. The standard InChI is InChI=1S/C21H26N2O3/c1-4-26-21(25)17-10-6-7-11-18(17)22-14-13-20(24)23-19-12-8-5-9-16(19)15(2)3/h5-12,15,22H,4,13-14H2,1-3H3,(H,23,24). The maximum atomic E-state index is 12.3. The molecule has 0 heterocycles. The molecule has 1 amide bonds. The topological polar surface area (TPSA) is 67.4 Å². The molecule has 0 aliphatic heterocycles. The van der Waals surface area contributed by atoms with Crippen LogP contribution in [0.25, 0.3) is 0 Å². The van der Waals surface area contributed by atoms with E-state index in [-0.39, 0.29) is 11.9 Å². The van der Waals surface area contributed by atoms with Gasteiger partial charge in [0.15, 0.2) is 0 Å². The van der Waals surface area contributed by atoms with Crippen molar-refractivity contribution in [1.82, 2.24) is 0 Å². The molecule has 26 heavy (non-hydrogen) atoms. The second kappa shape index (κ2) is 9.61. The Hall–Kier alpha value is -2.82. The van der Waals surface area contributed by atoms with Crippen molar-refractivity contribution in [1.29, 1.82) is 0 Å². The van der Waals surface area contributed by atoms with Crippen molar-refractivity contribution in [2.24, 2.45) is 0 Å². The van der Waals surface area contributed by atoms with E-state index < -0.39 is 0 Å². The summed E-state index contributed by atoms with van der Waals surface area (Å²) in [5.41, 5.74) is 3.10. The van der Waals surface area contributed by atoms with Crippen molar-refractivity contribution in [3.05, 3.63) is 59.7 Å². The molecule has 2 rings (SSSR count). The Labute approximate surface area is 154 Å². The molecule has 0 saturated heterocycles. The minimum atomic E-state index is -0.370. The van der Waals surface area contributed by atoms with Crippen LogP contribution >= 0.6 is 0 Å². The number of carbonyl (C=O) groups is 2. The molecule has 0 aliphatic carbocycles. The lowest BCUT2D eigenvalue weighted by atomic mass is 10.0. The second-order valence-corrected chi connectivity index (χ2v) is 6.23. The maximum absolute atomic E-state index is 12.3. The van der Waals surface area contributed by atoms with Crippen molar-refractivity contribution in [3.63, 3.8) is 0 Å². The average Bonchev–Trinajstić information content (AvgIpc) is 2.62. The van der Waals surface area contributed by atoms with E-state index in [1.54, 1.807) is 25.1 Å². The molecule has 0 spiro atoms. The second-order valence-electron chi connectivity index (χ2n) is 6.23. The predicted molar refractivity (Wildman–Crippen MR) is 105 cm³/mol. The number of ether oxygens (including phenoxy) is 1. The number of esters is 1. The average molecular weight is 354 g/mol. The summed E-state index contributed by atoms with van der Waals surface area (Å²) in [6, 6.07) is 15.0. The highest BCUT2D eigenvalue weighted by molar-refractivity contribution is 5.96. The van der Waals surface area contributed by atoms with E-state index in [0.717, 1.165) is 11.3 Å². The fourth-order valence-corrected chi connectivity index (χ4v) is 2.66. The summed E-state index contributed by atoms with van der Waals surface area (Å²) in [5, 5.41) is 6.11. The molecular weight excluding hydrogens is 328 g/mol. The smallest absolute Gasteiger partial charge is 0.340 e. The number of benzene rings is 2. The first kappa shape index (κ1) is 19.5. The fraction of sp³-hybridized carbons (Fsp3) is 0.333. The predicted octanol–water partition coefficient (Wildman–Crippen LogP) is 4.43. The third kappa shape index (κ3) is 5.34. The first-order chi connectivity index (χ1) is 12.5. The van der Waals surface area contributed by atoms with Crippen molar-refractivity contribution < 1.29 is 14.3 Å². The highest BCUT2D eigenvalue weighted by Crippen LogP contribution is 2.23. The van der Waals surface area contributed by atoms with Crippen molar-refractivity contribution in [2.75, 3.05) is 23.8 Å². The molecule has 0 saturated carbocycles. The lowest BCUT2D eigenvalue weighted by Gasteiger charge is -2.14. The van der Waals surface area contributed by atoms with Crippen LogP contribution in [0.5, 0.6) is 0 Å². The summed E-state index contributed by atoms with van der Waals surface area (Å²) in [7, 11) is 0. The van der Waals surface area contributed by atoms with Gasteiger partial charge in [0.2, 0.25) is 5.91 Å². The Morgan fingerprint density at radius 1 is 1.00 bits per heavy atom. The number of hydrogen-bond acceptors (Lipinski definition) is 4. The SMILES string of the molecule is CCOC(=O)c1ccccc1NCCC(=O)Nc1ccccc1C(C)C. The molecule has 2 N–H and O–H groups in total. The number of carbonyl (C=O) groups excluding carboxylic acids is 2. The van der Waals surface area contributed by atoms with Gasteiger partial charge in [0, 0.05) is 24.3 Å². The molecular formula is C21H26N2O3. The third-order valence-electron chi connectivity index (χ3n) is 3.95. The van der Waals surface area contributed by atoms with E-state index >= 15 is 0 Å². The Kier molecular flexibility index (Phi) is 7.21. The van der Waals surface area contributed by atoms with Crippen LogP contribution in [-0.4, -0.2) is 25.0 Å². The van der Waals surface area contributed by atoms with E-state index in [1.165, 1.54) is 0 Å². The molecule has 0 radical (unpaired) electrons. The van der Waals surface area contributed by atoms with Crippen molar-refractivity contribution in [3.8, 4) is 0 Å². The molecule has 5 nitrogen and oxygen atoms in total. The van der Waals surface area contributed by atoms with Gasteiger partial charge in [-0.1, -0.05) is 44.2 Å². The van der Waals surface area contributed by atoms with Gasteiger partial charge in [0.1, 0.15) is 0 Å². The minimum absolute atomic E-state index is 0.0702. The molecule has 2 aromatic carbocycles. The van der Waals surface area contributed by atoms with Crippen LogP contribution in [0.15, 0.2) is 48.5 Å². The van der Waals surface area contributed by atoms with Crippen LogP contribution in [0.1, 0.15) is 49.0 Å². The molecule has 0 aliphatic rings. The first-order valence-corrected chi connectivity index (χ1v) is 8.91. The largest absolute Gasteiger partial charge is 0.462 e. The van der Waals surface area contributed by atoms with Crippen molar-refractivity contribution in [2.45, 2.75) is 33.1 Å². The molecule has 2 aromatic rings. The van der Waals surface area contributed by atoms with E-state index in [9.17, 15) is 9.59 Å². The van der Waals surface area contributed by atoms with Gasteiger partial charge in [-0.2, -0.15) is 0 Å². The lowest BCUT2D eigenvalue weighted by Crippen LogP contribution is -2.18. The normalized spacial score (nSPS) is 10.5. The van der Waals surface area contributed by atoms with Crippen LogP contribution in [0, 0.1) is 0 Å². The van der Waals surface area contributed by atoms with Gasteiger partial charge in [-0.05, 0) is 36.6 Å². The Morgan fingerprint density at radius 3 is 2.35 bits per heavy atom. The molecule has 0 fully saturated rings. The molecule has 0 unspecified atom stereocenters. The highest BCUT2D eigenvalue weighted by atomic mass is 16.5. The zero-order valence-corrected chi connectivity index (χ0v) is 15.5. The summed E-state index contributed by atoms with van der Waals surface area (Å²) in [4.78, 5) is 24.2. The number of anilines is 2. The molecule has 5 heteroatoms. The van der Waals surface area contributed by atoms with Gasteiger partial charge in [-0.25, -0.2) is 4.79 Å². The molecule has 0 atom stereocenters. The Morgan fingerprint density at radius 2 is 1.65 bits per heavy atom. The summed E-state index contributed by atoms with van der Waals surface area (Å²) >= 11 is 0. The number of amides is 1. The fourth-order valence-electron chi connectivity index (χ4n) is 2.66. The number of rotatable bonds is 8. The Bertz CT molecular complexity index is 756. The van der Waals surface area contributed by atoms with Crippen LogP contribution < -0.4 is 10.6 Å². The van der Waals surface area contributed by atoms with Gasteiger partial charge >= 0.3 is 5.97 Å². The van der Waals surface area contributed by atoms with Crippen LogP contribution in [0.4, 0.5) is 11.4 Å². The lowest BCUT2D eigenvalue weighted by molar-refractivity contribution is -0.115. The van der Waals surface area contributed by atoms with E-state index in [0.29, 0.717) is 36.7 Å². The van der Waals surface area contributed by atoms with Gasteiger partial charge in [0.25, 0.3) is 0 Å². The highest BCUT2D eigenvalue weighted by Gasteiger charge is 2.12. The van der Waals surface area contributed by atoms with Gasteiger partial charge in [0.05, 0.1) is 12.2 Å². The number of nitrogens with one attached hydrogen (secondary N) is 2. The van der Waals surface area contributed by atoms with Crippen LogP contribution in [0.2, 0.25) is 0 Å².